The van der Waals surface area contributed by atoms with Crippen LogP contribution in [-0.2, 0) is 14.2 Å². The monoisotopic (exact) mass is 229 g/mol. The van der Waals surface area contributed by atoms with E-state index < -0.39 is 5.79 Å². The Morgan fingerprint density at radius 3 is 2.50 bits per heavy atom. The predicted octanol–water partition coefficient (Wildman–Crippen LogP) is 1.29. The Bertz CT molecular complexity index is 216. The van der Waals surface area contributed by atoms with Crippen molar-refractivity contribution in [2.24, 2.45) is 0 Å². The van der Waals surface area contributed by atoms with E-state index in [0.29, 0.717) is 25.4 Å². The molecule has 4 nitrogen and oxygen atoms in total. The summed E-state index contributed by atoms with van der Waals surface area (Å²) in [5.41, 5.74) is 0. The molecule has 2 rings (SSSR count). The summed E-state index contributed by atoms with van der Waals surface area (Å²) in [4.78, 5) is 0. The summed E-state index contributed by atoms with van der Waals surface area (Å²) >= 11 is 0. The van der Waals surface area contributed by atoms with Gasteiger partial charge in [-0.3, -0.25) is 0 Å². The van der Waals surface area contributed by atoms with Crippen molar-refractivity contribution in [1.82, 2.24) is 5.32 Å². The fourth-order valence-corrected chi connectivity index (χ4v) is 2.26. The summed E-state index contributed by atoms with van der Waals surface area (Å²) in [6, 6.07) is 0.660. The standard InChI is InChI=1S/C12H23NO3/c1-9(11-5-4-6-14-11)13-10-7-15-12(2,3)16-8-10/h9-11,13H,4-8H2,1-3H3. The molecule has 0 aliphatic carbocycles. The summed E-state index contributed by atoms with van der Waals surface area (Å²) in [7, 11) is 0. The number of rotatable bonds is 3. The van der Waals surface area contributed by atoms with Gasteiger partial charge in [-0.2, -0.15) is 0 Å². The maximum atomic E-state index is 5.65. The fourth-order valence-electron chi connectivity index (χ4n) is 2.26. The van der Waals surface area contributed by atoms with Crippen molar-refractivity contribution in [1.29, 1.82) is 0 Å². The Morgan fingerprint density at radius 2 is 1.94 bits per heavy atom. The number of hydrogen-bond acceptors (Lipinski definition) is 4. The molecule has 2 heterocycles. The number of hydrogen-bond donors (Lipinski definition) is 1. The lowest BCUT2D eigenvalue weighted by molar-refractivity contribution is -0.253. The van der Waals surface area contributed by atoms with Crippen LogP contribution in [0.15, 0.2) is 0 Å². The molecular weight excluding hydrogens is 206 g/mol. The topological polar surface area (TPSA) is 39.7 Å². The zero-order valence-corrected chi connectivity index (χ0v) is 10.5. The molecule has 2 saturated heterocycles. The summed E-state index contributed by atoms with van der Waals surface area (Å²) in [5, 5.41) is 3.52. The molecular formula is C12H23NO3. The minimum absolute atomic E-state index is 0.284. The average molecular weight is 229 g/mol. The predicted molar refractivity (Wildman–Crippen MR) is 61.3 cm³/mol. The lowest BCUT2D eigenvalue weighted by atomic mass is 10.1. The van der Waals surface area contributed by atoms with E-state index in [2.05, 4.69) is 12.2 Å². The highest BCUT2D eigenvalue weighted by Crippen LogP contribution is 2.19. The van der Waals surface area contributed by atoms with Crippen LogP contribution in [0.1, 0.15) is 33.6 Å². The molecule has 0 aromatic rings. The molecule has 0 amide bonds. The molecule has 0 radical (unpaired) electrons. The highest BCUT2D eigenvalue weighted by Gasteiger charge is 2.31. The van der Waals surface area contributed by atoms with Gasteiger partial charge < -0.3 is 19.5 Å². The third kappa shape index (κ3) is 3.17. The van der Waals surface area contributed by atoms with Crippen LogP contribution in [0.2, 0.25) is 0 Å². The minimum atomic E-state index is -0.425. The summed E-state index contributed by atoms with van der Waals surface area (Å²) < 4.78 is 16.9. The van der Waals surface area contributed by atoms with E-state index in [1.54, 1.807) is 0 Å². The molecule has 0 saturated carbocycles. The first kappa shape index (κ1) is 12.3. The first-order valence-electron chi connectivity index (χ1n) is 6.22. The Labute approximate surface area is 97.6 Å². The Balaban J connectivity index is 1.73. The molecule has 2 aliphatic heterocycles. The van der Waals surface area contributed by atoms with Crippen molar-refractivity contribution in [3.05, 3.63) is 0 Å². The SMILES string of the molecule is CC(NC1COC(C)(C)OC1)C1CCCO1. The van der Waals surface area contributed by atoms with Gasteiger partial charge >= 0.3 is 0 Å². The van der Waals surface area contributed by atoms with Crippen molar-refractivity contribution in [3.8, 4) is 0 Å². The van der Waals surface area contributed by atoms with E-state index in [1.807, 2.05) is 13.8 Å². The molecule has 2 unspecified atom stereocenters. The number of nitrogens with one attached hydrogen (secondary N) is 1. The van der Waals surface area contributed by atoms with E-state index in [4.69, 9.17) is 14.2 Å². The van der Waals surface area contributed by atoms with E-state index in [1.165, 1.54) is 6.42 Å². The summed E-state index contributed by atoms with van der Waals surface area (Å²) in [5.74, 6) is -0.425. The van der Waals surface area contributed by atoms with Gasteiger partial charge in [0.25, 0.3) is 0 Å². The summed E-state index contributed by atoms with van der Waals surface area (Å²) in [6.45, 7) is 8.41. The lowest BCUT2D eigenvalue weighted by Gasteiger charge is -2.37. The normalized spacial score (nSPS) is 32.8. The number of ether oxygens (including phenoxy) is 3. The van der Waals surface area contributed by atoms with Gasteiger partial charge in [-0.1, -0.05) is 0 Å². The highest BCUT2D eigenvalue weighted by molar-refractivity contribution is 4.82. The second-order valence-electron chi connectivity index (χ2n) is 5.23. The van der Waals surface area contributed by atoms with Crippen LogP contribution in [-0.4, -0.2) is 43.8 Å². The molecule has 0 bridgehead atoms. The first-order valence-corrected chi connectivity index (χ1v) is 6.22. The molecule has 2 aliphatic rings. The Hall–Kier alpha value is -0.160. The van der Waals surface area contributed by atoms with Gasteiger partial charge in [0, 0.05) is 12.6 Å². The molecule has 94 valence electrons. The molecule has 2 atom stereocenters. The Morgan fingerprint density at radius 1 is 1.25 bits per heavy atom. The largest absolute Gasteiger partial charge is 0.377 e. The summed E-state index contributed by atoms with van der Waals surface area (Å²) in [6.07, 6.45) is 2.70. The van der Waals surface area contributed by atoms with Crippen molar-refractivity contribution in [2.75, 3.05) is 19.8 Å². The second kappa shape index (κ2) is 5.00. The zero-order chi connectivity index (χ0) is 11.6. The van der Waals surface area contributed by atoms with E-state index in [9.17, 15) is 0 Å². The van der Waals surface area contributed by atoms with Crippen LogP contribution in [0.4, 0.5) is 0 Å². The van der Waals surface area contributed by atoms with Crippen LogP contribution in [0, 0.1) is 0 Å². The average Bonchev–Trinajstić information content (AvgIpc) is 2.74. The van der Waals surface area contributed by atoms with Gasteiger partial charge in [-0.25, -0.2) is 0 Å². The van der Waals surface area contributed by atoms with Crippen LogP contribution >= 0.6 is 0 Å². The molecule has 2 fully saturated rings. The van der Waals surface area contributed by atoms with Crippen molar-refractivity contribution >= 4 is 0 Å². The van der Waals surface area contributed by atoms with Crippen molar-refractivity contribution in [2.45, 2.75) is 57.6 Å². The van der Waals surface area contributed by atoms with E-state index >= 15 is 0 Å². The minimum Gasteiger partial charge on any atom is -0.377 e. The van der Waals surface area contributed by atoms with E-state index in [0.717, 1.165) is 13.0 Å². The molecule has 0 aromatic carbocycles. The van der Waals surface area contributed by atoms with Crippen LogP contribution in [0.5, 0.6) is 0 Å². The molecule has 16 heavy (non-hydrogen) atoms. The second-order valence-corrected chi connectivity index (χ2v) is 5.23. The smallest absolute Gasteiger partial charge is 0.162 e. The molecule has 0 aromatic heterocycles. The zero-order valence-electron chi connectivity index (χ0n) is 10.5. The Kier molecular flexibility index (Phi) is 3.85. The van der Waals surface area contributed by atoms with Crippen LogP contribution in [0.25, 0.3) is 0 Å². The van der Waals surface area contributed by atoms with Crippen LogP contribution in [0.3, 0.4) is 0 Å². The molecule has 0 spiro atoms. The molecule has 4 heteroatoms. The lowest BCUT2D eigenvalue weighted by Crippen LogP contribution is -2.53. The van der Waals surface area contributed by atoms with Gasteiger partial charge in [0.1, 0.15) is 0 Å². The van der Waals surface area contributed by atoms with Gasteiger partial charge in [-0.05, 0) is 33.6 Å². The fraction of sp³-hybridized carbons (Fsp3) is 1.00. The van der Waals surface area contributed by atoms with E-state index in [-0.39, 0.29) is 6.04 Å². The van der Waals surface area contributed by atoms with Crippen molar-refractivity contribution < 1.29 is 14.2 Å². The third-order valence-corrected chi connectivity index (χ3v) is 3.29. The van der Waals surface area contributed by atoms with Gasteiger partial charge in [0.05, 0.1) is 25.4 Å². The van der Waals surface area contributed by atoms with Gasteiger partial charge in [-0.15, -0.1) is 0 Å². The van der Waals surface area contributed by atoms with Crippen molar-refractivity contribution in [3.63, 3.8) is 0 Å². The maximum absolute atomic E-state index is 5.65. The first-order chi connectivity index (χ1) is 7.57. The maximum Gasteiger partial charge on any atom is 0.162 e. The third-order valence-electron chi connectivity index (χ3n) is 3.29. The molecule has 1 N–H and O–H groups in total. The highest BCUT2D eigenvalue weighted by atomic mass is 16.7. The van der Waals surface area contributed by atoms with Gasteiger partial charge in [0.2, 0.25) is 0 Å². The van der Waals surface area contributed by atoms with Gasteiger partial charge in [0.15, 0.2) is 5.79 Å². The van der Waals surface area contributed by atoms with Crippen LogP contribution < -0.4 is 5.32 Å². The quantitative estimate of drug-likeness (QED) is 0.791.